The predicted molar refractivity (Wildman–Crippen MR) is 67.9 cm³/mol. The summed E-state index contributed by atoms with van der Waals surface area (Å²) < 4.78 is 0. The summed E-state index contributed by atoms with van der Waals surface area (Å²) in [5.74, 6) is -1.47. The fraction of sp³-hybridized carbons (Fsp3) is 0.500. The van der Waals surface area contributed by atoms with Crippen LogP contribution in [0, 0.1) is 13.8 Å². The van der Waals surface area contributed by atoms with Gasteiger partial charge >= 0.3 is 11.7 Å². The van der Waals surface area contributed by atoms with Crippen LogP contribution in [0.25, 0.3) is 0 Å². The minimum Gasteiger partial charge on any atom is -0.480 e. The quantitative estimate of drug-likeness (QED) is 0.690. The molecule has 1 heterocycles. The molecule has 1 rings (SSSR count). The molecule has 0 saturated heterocycles. The van der Waals surface area contributed by atoms with Gasteiger partial charge in [0.15, 0.2) is 0 Å². The minimum absolute atomic E-state index is 0.00870. The van der Waals surface area contributed by atoms with Crippen LogP contribution in [0.1, 0.15) is 30.3 Å². The van der Waals surface area contributed by atoms with Gasteiger partial charge in [-0.15, -0.1) is 0 Å². The Kier molecular flexibility index (Phi) is 4.80. The summed E-state index contributed by atoms with van der Waals surface area (Å²) in [6.07, 6.45) is 0.300. The highest BCUT2D eigenvalue weighted by atomic mass is 16.4. The zero-order valence-corrected chi connectivity index (χ0v) is 11.1. The number of carbonyl (C=O) groups excluding carboxylic acids is 1. The monoisotopic (exact) mass is 267 g/mol. The van der Waals surface area contributed by atoms with Gasteiger partial charge in [-0.3, -0.25) is 4.79 Å². The first-order chi connectivity index (χ1) is 8.85. The number of rotatable bonds is 5. The summed E-state index contributed by atoms with van der Waals surface area (Å²) in [6.45, 7) is 4.99. The highest BCUT2D eigenvalue weighted by molar-refractivity contribution is 5.85. The fourth-order valence-corrected chi connectivity index (χ4v) is 1.76. The first-order valence-corrected chi connectivity index (χ1v) is 5.93. The van der Waals surface area contributed by atoms with Crippen molar-refractivity contribution < 1.29 is 14.7 Å². The summed E-state index contributed by atoms with van der Waals surface area (Å²) in [4.78, 5) is 39.9. The second-order valence-corrected chi connectivity index (χ2v) is 4.27. The van der Waals surface area contributed by atoms with E-state index in [4.69, 9.17) is 5.11 Å². The van der Waals surface area contributed by atoms with Gasteiger partial charge in [0.1, 0.15) is 6.04 Å². The van der Waals surface area contributed by atoms with Crippen molar-refractivity contribution in [3.8, 4) is 0 Å². The van der Waals surface area contributed by atoms with Crippen LogP contribution in [0.15, 0.2) is 4.79 Å². The molecular weight excluding hydrogens is 250 g/mol. The van der Waals surface area contributed by atoms with E-state index in [1.807, 2.05) is 0 Å². The molecule has 0 aliphatic rings. The Morgan fingerprint density at radius 3 is 2.53 bits per heavy atom. The first kappa shape index (κ1) is 14.9. The third kappa shape index (κ3) is 3.90. The number of carboxylic acids is 1. The van der Waals surface area contributed by atoms with Gasteiger partial charge in [0.25, 0.3) is 0 Å². The van der Waals surface area contributed by atoms with Crippen LogP contribution in [0.3, 0.4) is 0 Å². The number of aromatic amines is 1. The molecule has 1 aromatic rings. The van der Waals surface area contributed by atoms with Crippen molar-refractivity contribution in [3.63, 3.8) is 0 Å². The van der Waals surface area contributed by atoms with E-state index >= 15 is 0 Å². The van der Waals surface area contributed by atoms with Crippen LogP contribution in [-0.4, -0.2) is 33.0 Å². The molecule has 0 aromatic carbocycles. The Balaban J connectivity index is 2.83. The maximum Gasteiger partial charge on any atom is 0.345 e. The van der Waals surface area contributed by atoms with Crippen molar-refractivity contribution in [2.45, 2.75) is 39.7 Å². The predicted octanol–water partition coefficient (Wildman–Crippen LogP) is -0.0914. The number of hydrogen-bond donors (Lipinski definition) is 3. The molecule has 19 heavy (non-hydrogen) atoms. The molecule has 1 atom stereocenters. The smallest absolute Gasteiger partial charge is 0.345 e. The number of H-pyrrole nitrogens is 1. The van der Waals surface area contributed by atoms with Crippen LogP contribution in [0.5, 0.6) is 0 Å². The number of amides is 1. The average molecular weight is 267 g/mol. The van der Waals surface area contributed by atoms with Gasteiger partial charge in [-0.1, -0.05) is 6.92 Å². The average Bonchev–Trinajstić information content (AvgIpc) is 2.30. The van der Waals surface area contributed by atoms with E-state index in [9.17, 15) is 14.4 Å². The Labute approximate surface area is 110 Å². The van der Waals surface area contributed by atoms with E-state index in [0.717, 1.165) is 0 Å². The number of hydrogen-bond acceptors (Lipinski definition) is 4. The van der Waals surface area contributed by atoms with Crippen molar-refractivity contribution in [1.82, 2.24) is 15.3 Å². The van der Waals surface area contributed by atoms with Crippen LogP contribution in [0.2, 0.25) is 0 Å². The number of aryl methyl sites for hydroxylation is 2. The van der Waals surface area contributed by atoms with Crippen molar-refractivity contribution in [2.75, 3.05) is 0 Å². The molecule has 0 radical (unpaired) electrons. The molecule has 0 fully saturated rings. The number of nitrogens with zero attached hydrogens (tertiary/aromatic N) is 1. The number of aliphatic carboxylic acids is 1. The minimum atomic E-state index is -1.07. The molecule has 0 unspecified atom stereocenters. The third-order valence-corrected chi connectivity index (χ3v) is 2.83. The van der Waals surface area contributed by atoms with Crippen molar-refractivity contribution >= 4 is 11.9 Å². The molecule has 0 aliphatic carbocycles. The summed E-state index contributed by atoms with van der Waals surface area (Å²) >= 11 is 0. The molecule has 7 heteroatoms. The van der Waals surface area contributed by atoms with E-state index in [0.29, 0.717) is 23.4 Å². The molecule has 1 amide bonds. The van der Waals surface area contributed by atoms with E-state index < -0.39 is 23.6 Å². The lowest BCUT2D eigenvalue weighted by molar-refractivity contribution is -0.141. The molecule has 0 spiro atoms. The van der Waals surface area contributed by atoms with Crippen LogP contribution in [-0.2, 0) is 16.0 Å². The fourth-order valence-electron chi connectivity index (χ4n) is 1.76. The number of nitrogens with one attached hydrogen (secondary N) is 2. The number of carboxylic acid groups (broad SMARTS) is 1. The molecule has 1 aromatic heterocycles. The van der Waals surface area contributed by atoms with Crippen LogP contribution < -0.4 is 11.0 Å². The molecule has 0 aliphatic heterocycles. The van der Waals surface area contributed by atoms with Crippen LogP contribution in [0.4, 0.5) is 0 Å². The lowest BCUT2D eigenvalue weighted by Crippen LogP contribution is -2.41. The maximum atomic E-state index is 11.8. The van der Waals surface area contributed by atoms with Gasteiger partial charge in [-0.05, 0) is 20.3 Å². The maximum absolute atomic E-state index is 11.8. The highest BCUT2D eigenvalue weighted by Gasteiger charge is 2.19. The molecule has 0 bridgehead atoms. The van der Waals surface area contributed by atoms with Gasteiger partial charge in [-0.2, -0.15) is 4.98 Å². The normalized spacial score (nSPS) is 11.9. The van der Waals surface area contributed by atoms with Gasteiger partial charge in [-0.25, -0.2) is 9.59 Å². The molecular formula is C12H17N3O4. The van der Waals surface area contributed by atoms with Crippen molar-refractivity contribution in [1.29, 1.82) is 0 Å². The van der Waals surface area contributed by atoms with Gasteiger partial charge in [0.05, 0.1) is 6.42 Å². The summed E-state index contributed by atoms with van der Waals surface area (Å²) in [5, 5.41) is 11.3. The molecule has 0 saturated carbocycles. The number of carbonyl (C=O) groups is 2. The zero-order chi connectivity index (χ0) is 14.6. The van der Waals surface area contributed by atoms with Gasteiger partial charge < -0.3 is 15.4 Å². The largest absolute Gasteiger partial charge is 0.480 e. The van der Waals surface area contributed by atoms with Gasteiger partial charge in [0, 0.05) is 17.0 Å². The molecule has 104 valence electrons. The second-order valence-electron chi connectivity index (χ2n) is 4.27. The second kappa shape index (κ2) is 6.12. The first-order valence-electron chi connectivity index (χ1n) is 5.93. The molecule has 7 nitrogen and oxygen atoms in total. The third-order valence-electron chi connectivity index (χ3n) is 2.83. The highest BCUT2D eigenvalue weighted by Crippen LogP contribution is 2.07. The van der Waals surface area contributed by atoms with E-state index in [1.54, 1.807) is 20.8 Å². The van der Waals surface area contributed by atoms with Gasteiger partial charge in [0.2, 0.25) is 5.91 Å². The Bertz CT molecular complexity index is 524. The Morgan fingerprint density at radius 2 is 2.05 bits per heavy atom. The standard InChI is InChI=1S/C12H17N3O4/c1-4-9(11(17)18)15-10(16)5-8-6(2)13-12(19)14-7(8)3/h9H,4-5H2,1-3H3,(H,15,16)(H,17,18)(H,13,14,19)/t9-/m0/s1. The topological polar surface area (TPSA) is 112 Å². The van der Waals surface area contributed by atoms with Crippen molar-refractivity contribution in [3.05, 3.63) is 27.4 Å². The Hall–Kier alpha value is -2.18. The van der Waals surface area contributed by atoms with Crippen molar-refractivity contribution in [2.24, 2.45) is 0 Å². The summed E-state index contributed by atoms with van der Waals surface area (Å²) in [5.41, 5.74) is 1.18. The summed E-state index contributed by atoms with van der Waals surface area (Å²) in [7, 11) is 0. The van der Waals surface area contributed by atoms with E-state index in [1.165, 1.54) is 0 Å². The lowest BCUT2D eigenvalue weighted by atomic mass is 10.1. The number of aromatic nitrogens is 2. The van der Waals surface area contributed by atoms with E-state index in [2.05, 4.69) is 15.3 Å². The SMILES string of the molecule is CC[C@H](NC(=O)Cc1c(C)nc(=O)[nH]c1C)C(=O)O. The zero-order valence-electron chi connectivity index (χ0n) is 11.1. The van der Waals surface area contributed by atoms with Crippen LogP contribution >= 0.6 is 0 Å². The van der Waals surface area contributed by atoms with E-state index in [-0.39, 0.29) is 6.42 Å². The summed E-state index contributed by atoms with van der Waals surface area (Å²) in [6, 6.07) is -0.899. The molecule has 3 N–H and O–H groups in total. The lowest BCUT2D eigenvalue weighted by Gasteiger charge is -2.13. The Morgan fingerprint density at radius 1 is 1.42 bits per heavy atom.